The Kier molecular flexibility index (Phi) is 5.63. The molecule has 170 valence electrons. The first kappa shape index (κ1) is 21.3. The molecule has 5 heterocycles. The van der Waals surface area contributed by atoms with E-state index < -0.39 is 31.1 Å². The highest BCUT2D eigenvalue weighted by molar-refractivity contribution is 7.80. The first-order valence-electron chi connectivity index (χ1n) is 10.4. The van der Waals surface area contributed by atoms with Crippen LogP contribution >= 0.6 is 12.6 Å². The lowest BCUT2D eigenvalue weighted by molar-refractivity contribution is -0.0511. The Hall–Kier alpha value is -2.51. The number of aromatic nitrogens is 5. The lowest BCUT2D eigenvalue weighted by atomic mass is 10.1. The van der Waals surface area contributed by atoms with Crippen molar-refractivity contribution in [3.05, 3.63) is 30.5 Å². The second kappa shape index (κ2) is 8.45. The number of nitrogens with one attached hydrogen (secondary N) is 1. The molecule has 3 aromatic rings. The molecule has 0 saturated carbocycles. The van der Waals surface area contributed by atoms with E-state index in [0.29, 0.717) is 17.0 Å². The Labute approximate surface area is 189 Å². The smallest absolute Gasteiger partial charge is 0.167 e. The molecule has 2 aliphatic heterocycles. The fourth-order valence-electron chi connectivity index (χ4n) is 4.31. The van der Waals surface area contributed by atoms with Crippen molar-refractivity contribution < 1.29 is 20.1 Å². The highest BCUT2D eigenvalue weighted by atomic mass is 32.1. The Balaban J connectivity index is 1.35. The van der Waals surface area contributed by atoms with Crippen LogP contribution in [0.4, 0.5) is 11.6 Å². The van der Waals surface area contributed by atoms with Gasteiger partial charge in [-0.3, -0.25) is 4.57 Å². The van der Waals surface area contributed by atoms with Crippen molar-refractivity contribution in [2.24, 2.45) is 0 Å². The molecular formula is C20H25N7O4S. The number of hydrogen-bond donors (Lipinski definition) is 5. The largest absolute Gasteiger partial charge is 0.394 e. The van der Waals surface area contributed by atoms with Crippen LogP contribution in [0, 0.1) is 6.92 Å². The van der Waals surface area contributed by atoms with Gasteiger partial charge in [-0.25, -0.2) is 19.9 Å². The van der Waals surface area contributed by atoms with Crippen LogP contribution < -0.4 is 10.2 Å². The van der Waals surface area contributed by atoms with Gasteiger partial charge in [0.05, 0.1) is 12.9 Å². The minimum absolute atomic E-state index is 0.128. The molecule has 32 heavy (non-hydrogen) atoms. The first-order valence-corrected chi connectivity index (χ1v) is 10.9. The molecule has 5 atom stereocenters. The van der Waals surface area contributed by atoms with Gasteiger partial charge in [0.15, 0.2) is 23.2 Å². The molecule has 0 radical (unpaired) electrons. The van der Waals surface area contributed by atoms with E-state index in [0.717, 1.165) is 35.8 Å². The molecule has 3 aromatic heterocycles. The zero-order valence-corrected chi connectivity index (χ0v) is 18.3. The van der Waals surface area contributed by atoms with Gasteiger partial charge in [0.2, 0.25) is 0 Å². The molecule has 2 saturated heterocycles. The second-order valence-corrected chi connectivity index (χ2v) is 8.69. The normalized spacial score (nSPS) is 28.0. The van der Waals surface area contributed by atoms with E-state index in [4.69, 9.17) is 4.74 Å². The van der Waals surface area contributed by atoms with Crippen LogP contribution in [-0.4, -0.2) is 83.9 Å². The van der Waals surface area contributed by atoms with Crippen LogP contribution in [0.1, 0.15) is 18.2 Å². The topological polar surface area (TPSA) is 142 Å². The van der Waals surface area contributed by atoms with Crippen LogP contribution in [-0.2, 0) is 4.74 Å². The van der Waals surface area contributed by atoms with Gasteiger partial charge in [-0.2, -0.15) is 0 Å². The summed E-state index contributed by atoms with van der Waals surface area (Å²) >= 11 is 4.57. The third-order valence-corrected chi connectivity index (χ3v) is 6.29. The van der Waals surface area contributed by atoms with E-state index in [1.807, 2.05) is 19.2 Å². The van der Waals surface area contributed by atoms with Gasteiger partial charge >= 0.3 is 0 Å². The number of aliphatic hydroxyl groups excluding tert-OH is 3. The number of hydrogen-bond acceptors (Lipinski definition) is 11. The zero-order chi connectivity index (χ0) is 22.4. The van der Waals surface area contributed by atoms with Crippen LogP contribution in [0.25, 0.3) is 11.2 Å². The van der Waals surface area contributed by atoms with Crippen molar-refractivity contribution in [3.63, 3.8) is 0 Å². The number of ether oxygens (including phenoxy) is 1. The standard InChI is InChI=1S/C20H25N7O4S/c1-10-4-13(32)18(21-5-10)26-3-2-11(6-26)25-17-14-19(23-8-22-17)27(9-24-14)20-16(30)15(29)12(7-28)31-20/h4-5,8-9,11-12,15-16,20,28-30,32H,2-3,6-7H2,1H3,(H,22,23,25)/t11-,12+,15+,16+,20+/m0/s1. The Morgan fingerprint density at radius 2 is 2.06 bits per heavy atom. The molecule has 0 amide bonds. The van der Waals surface area contributed by atoms with Crippen molar-refractivity contribution in [1.29, 1.82) is 0 Å². The molecule has 12 heteroatoms. The third kappa shape index (κ3) is 3.67. The first-order chi connectivity index (χ1) is 15.5. The van der Waals surface area contributed by atoms with Gasteiger partial charge in [-0.15, -0.1) is 12.6 Å². The number of thiol groups is 1. The predicted octanol–water partition coefficient (Wildman–Crippen LogP) is 0.121. The summed E-state index contributed by atoms with van der Waals surface area (Å²) in [6.45, 7) is 3.17. The molecule has 0 aliphatic carbocycles. The Morgan fingerprint density at radius 3 is 2.81 bits per heavy atom. The molecule has 2 aliphatic rings. The average Bonchev–Trinajstić information content (AvgIpc) is 3.48. The molecule has 0 spiro atoms. The van der Waals surface area contributed by atoms with Crippen molar-refractivity contribution in [1.82, 2.24) is 24.5 Å². The van der Waals surface area contributed by atoms with E-state index in [2.05, 4.69) is 42.8 Å². The number of aryl methyl sites for hydroxylation is 1. The summed E-state index contributed by atoms with van der Waals surface area (Å²) in [4.78, 5) is 20.7. The quantitative estimate of drug-likeness (QED) is 0.334. The molecule has 0 unspecified atom stereocenters. The summed E-state index contributed by atoms with van der Waals surface area (Å²) in [6, 6.07) is 2.13. The lowest BCUT2D eigenvalue weighted by Crippen LogP contribution is -2.33. The van der Waals surface area contributed by atoms with Crippen LogP contribution in [0.15, 0.2) is 29.8 Å². The minimum atomic E-state index is -1.21. The maximum absolute atomic E-state index is 10.4. The third-order valence-electron chi connectivity index (χ3n) is 5.96. The van der Waals surface area contributed by atoms with Gasteiger partial charge in [-0.1, -0.05) is 0 Å². The van der Waals surface area contributed by atoms with E-state index in [9.17, 15) is 15.3 Å². The maximum Gasteiger partial charge on any atom is 0.167 e. The lowest BCUT2D eigenvalue weighted by Gasteiger charge is -2.20. The molecule has 11 nitrogen and oxygen atoms in total. The highest BCUT2D eigenvalue weighted by Crippen LogP contribution is 2.33. The van der Waals surface area contributed by atoms with Gasteiger partial charge in [0.25, 0.3) is 0 Å². The van der Waals surface area contributed by atoms with Gasteiger partial charge in [0.1, 0.15) is 30.5 Å². The monoisotopic (exact) mass is 459 g/mol. The fourth-order valence-corrected chi connectivity index (χ4v) is 4.71. The number of anilines is 2. The molecule has 4 N–H and O–H groups in total. The van der Waals surface area contributed by atoms with Crippen molar-refractivity contribution >= 4 is 35.4 Å². The molecular weight excluding hydrogens is 434 g/mol. The second-order valence-electron chi connectivity index (χ2n) is 8.21. The zero-order valence-electron chi connectivity index (χ0n) is 17.4. The van der Waals surface area contributed by atoms with Crippen molar-refractivity contribution in [2.75, 3.05) is 29.9 Å². The molecule has 0 aromatic carbocycles. The highest BCUT2D eigenvalue weighted by Gasteiger charge is 2.44. The van der Waals surface area contributed by atoms with Gasteiger partial charge in [-0.05, 0) is 25.0 Å². The maximum atomic E-state index is 10.4. The van der Waals surface area contributed by atoms with E-state index in [1.54, 1.807) is 4.57 Å². The van der Waals surface area contributed by atoms with Gasteiger partial charge < -0.3 is 30.3 Å². The van der Waals surface area contributed by atoms with Crippen LogP contribution in [0.2, 0.25) is 0 Å². The van der Waals surface area contributed by atoms with Crippen LogP contribution in [0.3, 0.4) is 0 Å². The molecule has 0 bridgehead atoms. The number of pyridine rings is 1. The van der Waals surface area contributed by atoms with Crippen LogP contribution in [0.5, 0.6) is 0 Å². The number of fused-ring (bicyclic) bond motifs is 1. The number of aliphatic hydroxyl groups is 3. The van der Waals surface area contributed by atoms with Crippen molar-refractivity contribution in [3.8, 4) is 0 Å². The number of imidazole rings is 1. The van der Waals surface area contributed by atoms with E-state index in [1.165, 1.54) is 12.7 Å². The summed E-state index contributed by atoms with van der Waals surface area (Å²) in [5, 5.41) is 33.2. The van der Waals surface area contributed by atoms with E-state index in [-0.39, 0.29) is 6.04 Å². The van der Waals surface area contributed by atoms with Crippen molar-refractivity contribution in [2.45, 2.75) is 48.8 Å². The summed E-state index contributed by atoms with van der Waals surface area (Å²) in [7, 11) is 0. The Bertz CT molecular complexity index is 1130. The fraction of sp³-hybridized carbons (Fsp3) is 0.500. The summed E-state index contributed by atoms with van der Waals surface area (Å²) < 4.78 is 7.17. The predicted molar refractivity (Wildman–Crippen MR) is 119 cm³/mol. The molecule has 5 rings (SSSR count). The SMILES string of the molecule is Cc1cnc(N2CC[C@H](Nc3ncnc4c3ncn4[C@@H]3O[C@H](CO)[C@@H](O)[C@H]3O)C2)c(S)c1. The number of nitrogens with zero attached hydrogens (tertiary/aromatic N) is 6. The number of rotatable bonds is 5. The summed E-state index contributed by atoms with van der Waals surface area (Å²) in [5.74, 6) is 1.44. The van der Waals surface area contributed by atoms with E-state index >= 15 is 0 Å². The van der Waals surface area contributed by atoms with Gasteiger partial charge in [0, 0.05) is 30.2 Å². The average molecular weight is 460 g/mol. The summed E-state index contributed by atoms with van der Waals surface area (Å²) in [5.41, 5.74) is 2.07. The molecule has 2 fully saturated rings. The summed E-state index contributed by atoms with van der Waals surface area (Å²) in [6.07, 6.45) is 1.47. The Morgan fingerprint density at radius 1 is 1.22 bits per heavy atom. The minimum Gasteiger partial charge on any atom is -0.394 e.